The Kier molecular flexibility index (Phi) is 5.56. The molecular formula is C11H20N4O. The molecule has 1 aromatic heterocycles. The van der Waals surface area contributed by atoms with Crippen molar-refractivity contribution >= 4 is 5.82 Å². The molecule has 3 N–H and O–H groups in total. The van der Waals surface area contributed by atoms with Gasteiger partial charge in [-0.15, -0.1) is 0 Å². The number of hydrogen-bond acceptors (Lipinski definition) is 5. The number of nitrogens with two attached hydrogens (primary N) is 1. The summed E-state index contributed by atoms with van der Waals surface area (Å²) in [5.74, 6) is 1.28. The molecule has 0 aromatic carbocycles. The quantitative estimate of drug-likeness (QED) is 0.732. The lowest BCUT2D eigenvalue weighted by atomic mass is 10.2. The monoisotopic (exact) mass is 224 g/mol. The Morgan fingerprint density at radius 2 is 2.25 bits per heavy atom. The van der Waals surface area contributed by atoms with Crippen molar-refractivity contribution in [1.82, 2.24) is 9.97 Å². The average molecular weight is 224 g/mol. The summed E-state index contributed by atoms with van der Waals surface area (Å²) in [7, 11) is 0. The third-order valence-corrected chi connectivity index (χ3v) is 2.25. The molecule has 0 fully saturated rings. The van der Waals surface area contributed by atoms with Crippen LogP contribution in [0.5, 0.6) is 5.88 Å². The molecule has 0 saturated heterocycles. The molecule has 0 aliphatic heterocycles. The van der Waals surface area contributed by atoms with Crippen molar-refractivity contribution in [2.75, 3.05) is 18.5 Å². The van der Waals surface area contributed by atoms with Gasteiger partial charge in [-0.3, -0.25) is 4.98 Å². The highest BCUT2D eigenvalue weighted by Crippen LogP contribution is 2.08. The van der Waals surface area contributed by atoms with Gasteiger partial charge in [-0.05, 0) is 19.8 Å². The molecule has 5 nitrogen and oxygen atoms in total. The molecule has 0 amide bonds. The first kappa shape index (κ1) is 12.7. The minimum atomic E-state index is 0.246. The molecule has 0 spiro atoms. The number of nitrogens with one attached hydrogen (secondary N) is 1. The van der Waals surface area contributed by atoms with E-state index in [1.165, 1.54) is 0 Å². The predicted octanol–water partition coefficient (Wildman–Crippen LogP) is 1.41. The van der Waals surface area contributed by atoms with Gasteiger partial charge in [0.25, 0.3) is 0 Å². The van der Waals surface area contributed by atoms with Crippen LogP contribution in [0, 0.1) is 0 Å². The molecule has 0 radical (unpaired) electrons. The lowest BCUT2D eigenvalue weighted by Crippen LogP contribution is -2.22. The van der Waals surface area contributed by atoms with Crippen LogP contribution in [-0.4, -0.2) is 29.2 Å². The summed E-state index contributed by atoms with van der Waals surface area (Å²) in [6.45, 7) is 5.40. The van der Waals surface area contributed by atoms with Crippen LogP contribution in [0.1, 0.15) is 26.7 Å². The maximum atomic E-state index is 5.81. The van der Waals surface area contributed by atoms with Crippen molar-refractivity contribution in [3.63, 3.8) is 0 Å². The van der Waals surface area contributed by atoms with Crippen molar-refractivity contribution in [1.29, 1.82) is 0 Å². The van der Waals surface area contributed by atoms with Crippen LogP contribution in [0.4, 0.5) is 5.82 Å². The molecule has 1 heterocycles. The third-order valence-electron chi connectivity index (χ3n) is 2.25. The van der Waals surface area contributed by atoms with Crippen molar-refractivity contribution in [2.24, 2.45) is 5.73 Å². The SMILES string of the molecule is CCOc1cncc(NCCC(N)CC)n1. The normalized spacial score (nSPS) is 12.2. The molecule has 0 bridgehead atoms. The zero-order chi connectivity index (χ0) is 11.8. The van der Waals surface area contributed by atoms with Gasteiger partial charge >= 0.3 is 0 Å². The summed E-state index contributed by atoms with van der Waals surface area (Å²) < 4.78 is 5.26. The van der Waals surface area contributed by atoms with Crippen molar-refractivity contribution in [2.45, 2.75) is 32.7 Å². The topological polar surface area (TPSA) is 73.1 Å². The third kappa shape index (κ3) is 4.44. The second-order valence-corrected chi connectivity index (χ2v) is 3.56. The molecule has 0 aliphatic carbocycles. The second-order valence-electron chi connectivity index (χ2n) is 3.56. The molecule has 5 heteroatoms. The van der Waals surface area contributed by atoms with E-state index in [1.54, 1.807) is 12.4 Å². The summed E-state index contributed by atoms with van der Waals surface area (Å²) in [6.07, 6.45) is 5.20. The highest BCUT2D eigenvalue weighted by atomic mass is 16.5. The van der Waals surface area contributed by atoms with Crippen LogP contribution >= 0.6 is 0 Å². The zero-order valence-corrected chi connectivity index (χ0v) is 9.94. The first-order chi connectivity index (χ1) is 7.76. The number of rotatable bonds is 7. The molecule has 1 unspecified atom stereocenters. The Labute approximate surface area is 96.4 Å². The van der Waals surface area contributed by atoms with E-state index >= 15 is 0 Å². The molecule has 1 atom stereocenters. The van der Waals surface area contributed by atoms with Crippen LogP contribution in [-0.2, 0) is 0 Å². The van der Waals surface area contributed by atoms with Crippen molar-refractivity contribution in [3.05, 3.63) is 12.4 Å². The van der Waals surface area contributed by atoms with Gasteiger partial charge < -0.3 is 15.8 Å². The number of nitrogens with zero attached hydrogens (tertiary/aromatic N) is 2. The first-order valence-electron chi connectivity index (χ1n) is 5.70. The fraction of sp³-hybridized carbons (Fsp3) is 0.636. The van der Waals surface area contributed by atoms with Crippen LogP contribution in [0.3, 0.4) is 0 Å². The minimum absolute atomic E-state index is 0.246. The van der Waals surface area contributed by atoms with Gasteiger partial charge in [0, 0.05) is 12.6 Å². The zero-order valence-electron chi connectivity index (χ0n) is 9.94. The Bertz CT molecular complexity index is 306. The fourth-order valence-electron chi connectivity index (χ4n) is 1.24. The Morgan fingerprint density at radius 1 is 1.44 bits per heavy atom. The van der Waals surface area contributed by atoms with Gasteiger partial charge in [-0.2, -0.15) is 4.98 Å². The average Bonchev–Trinajstić information content (AvgIpc) is 2.30. The van der Waals surface area contributed by atoms with Crippen LogP contribution in [0.15, 0.2) is 12.4 Å². The van der Waals surface area contributed by atoms with Gasteiger partial charge in [0.2, 0.25) is 5.88 Å². The molecule has 1 aromatic rings. The lowest BCUT2D eigenvalue weighted by Gasteiger charge is -2.10. The van der Waals surface area contributed by atoms with Crippen molar-refractivity contribution in [3.8, 4) is 5.88 Å². The molecule has 90 valence electrons. The van der Waals surface area contributed by atoms with E-state index in [-0.39, 0.29) is 6.04 Å². The van der Waals surface area contributed by atoms with E-state index in [0.717, 1.165) is 25.2 Å². The summed E-state index contributed by atoms with van der Waals surface area (Å²) in [4.78, 5) is 8.29. The number of aromatic nitrogens is 2. The Balaban J connectivity index is 2.38. The lowest BCUT2D eigenvalue weighted by molar-refractivity contribution is 0.325. The first-order valence-corrected chi connectivity index (χ1v) is 5.70. The smallest absolute Gasteiger partial charge is 0.234 e. The van der Waals surface area contributed by atoms with Crippen LogP contribution in [0.2, 0.25) is 0 Å². The molecule has 0 aliphatic rings. The largest absolute Gasteiger partial charge is 0.477 e. The summed E-state index contributed by atoms with van der Waals surface area (Å²) in [5, 5.41) is 3.18. The molecule has 16 heavy (non-hydrogen) atoms. The summed E-state index contributed by atoms with van der Waals surface area (Å²) in [5.41, 5.74) is 5.81. The van der Waals surface area contributed by atoms with Gasteiger partial charge in [0.05, 0.1) is 19.0 Å². The summed E-state index contributed by atoms with van der Waals surface area (Å²) >= 11 is 0. The van der Waals surface area contributed by atoms with E-state index in [9.17, 15) is 0 Å². The predicted molar refractivity (Wildman–Crippen MR) is 64.6 cm³/mol. The van der Waals surface area contributed by atoms with Crippen LogP contribution in [0.25, 0.3) is 0 Å². The Hall–Kier alpha value is -1.36. The van der Waals surface area contributed by atoms with E-state index in [0.29, 0.717) is 12.5 Å². The molecule has 1 rings (SSSR count). The maximum absolute atomic E-state index is 5.81. The van der Waals surface area contributed by atoms with Gasteiger partial charge in [0.1, 0.15) is 5.82 Å². The van der Waals surface area contributed by atoms with E-state index in [1.807, 2.05) is 6.92 Å². The highest BCUT2D eigenvalue weighted by Gasteiger charge is 2.01. The van der Waals surface area contributed by atoms with E-state index in [4.69, 9.17) is 10.5 Å². The van der Waals surface area contributed by atoms with Crippen molar-refractivity contribution < 1.29 is 4.74 Å². The second kappa shape index (κ2) is 7.00. The van der Waals surface area contributed by atoms with Gasteiger partial charge in [-0.1, -0.05) is 6.92 Å². The fourth-order valence-corrected chi connectivity index (χ4v) is 1.24. The summed E-state index contributed by atoms with van der Waals surface area (Å²) in [6, 6.07) is 0.246. The number of ether oxygens (including phenoxy) is 1. The minimum Gasteiger partial charge on any atom is -0.477 e. The highest BCUT2D eigenvalue weighted by molar-refractivity contribution is 5.32. The standard InChI is InChI=1S/C11H20N4O/c1-3-9(12)5-6-14-10-7-13-8-11(15-10)16-4-2/h7-9H,3-6,12H2,1-2H3,(H,14,15). The number of hydrogen-bond donors (Lipinski definition) is 2. The number of anilines is 1. The maximum Gasteiger partial charge on any atom is 0.234 e. The molecular weight excluding hydrogens is 204 g/mol. The Morgan fingerprint density at radius 3 is 2.94 bits per heavy atom. The van der Waals surface area contributed by atoms with Gasteiger partial charge in [0.15, 0.2) is 0 Å². The van der Waals surface area contributed by atoms with Crippen LogP contribution < -0.4 is 15.8 Å². The van der Waals surface area contributed by atoms with Gasteiger partial charge in [-0.25, -0.2) is 0 Å². The van der Waals surface area contributed by atoms with E-state index in [2.05, 4.69) is 22.2 Å². The van der Waals surface area contributed by atoms with E-state index < -0.39 is 0 Å². The molecule has 0 saturated carbocycles.